The highest BCUT2D eigenvalue weighted by Crippen LogP contribution is 2.17. The van der Waals surface area contributed by atoms with Gasteiger partial charge in [-0.25, -0.2) is 0 Å². The summed E-state index contributed by atoms with van der Waals surface area (Å²) in [4.78, 5) is 12.5. The Kier molecular flexibility index (Phi) is 53.7. The summed E-state index contributed by atoms with van der Waals surface area (Å²) >= 11 is 0. The SMILES string of the molecule is CCCCCCCCCC/C=C\CCCCCCCCCCCCCCCCCCCC(=O)NC(CO)C(O)/C=C/CC/C=C/CCCCCCCCCCCCCCCCCC. The third-order valence-corrected chi connectivity index (χ3v) is 13.3. The van der Waals surface area contributed by atoms with Crippen molar-refractivity contribution in [3.63, 3.8) is 0 Å². The molecular weight excluding hydrogens is 771 g/mol. The number of carbonyl (C=O) groups is 1. The van der Waals surface area contributed by atoms with Gasteiger partial charge in [0.2, 0.25) is 5.91 Å². The predicted octanol–water partition coefficient (Wildman–Crippen LogP) is 18.9. The second kappa shape index (κ2) is 54.9. The van der Waals surface area contributed by atoms with E-state index in [0.717, 1.165) is 32.1 Å². The highest BCUT2D eigenvalue weighted by atomic mass is 16.3. The second-order valence-electron chi connectivity index (χ2n) is 19.7. The summed E-state index contributed by atoms with van der Waals surface area (Å²) in [6.45, 7) is 4.33. The van der Waals surface area contributed by atoms with E-state index in [9.17, 15) is 15.0 Å². The quantitative estimate of drug-likeness (QED) is 0.0421. The molecule has 0 heterocycles. The molecule has 0 aromatic heterocycles. The fraction of sp³-hybridized carbons (Fsp3) is 0.881. The smallest absolute Gasteiger partial charge is 0.220 e. The first-order chi connectivity index (χ1) is 31.2. The summed E-state index contributed by atoms with van der Waals surface area (Å²) in [6.07, 6.45) is 74.6. The van der Waals surface area contributed by atoms with Gasteiger partial charge < -0.3 is 15.5 Å². The first kappa shape index (κ1) is 61.6. The minimum Gasteiger partial charge on any atom is -0.394 e. The van der Waals surface area contributed by atoms with Crippen molar-refractivity contribution < 1.29 is 15.0 Å². The van der Waals surface area contributed by atoms with Gasteiger partial charge in [0.15, 0.2) is 0 Å². The Balaban J connectivity index is 3.49. The lowest BCUT2D eigenvalue weighted by atomic mass is 10.0. The molecule has 0 fully saturated rings. The molecule has 0 aromatic rings. The van der Waals surface area contributed by atoms with Gasteiger partial charge in [-0.05, 0) is 57.8 Å². The molecule has 0 aliphatic heterocycles. The summed E-state index contributed by atoms with van der Waals surface area (Å²) in [5.74, 6) is -0.0683. The summed E-state index contributed by atoms with van der Waals surface area (Å²) in [7, 11) is 0. The van der Waals surface area contributed by atoms with Crippen LogP contribution in [0.3, 0.4) is 0 Å². The van der Waals surface area contributed by atoms with Crippen molar-refractivity contribution in [2.75, 3.05) is 6.61 Å². The molecule has 63 heavy (non-hydrogen) atoms. The molecule has 0 bridgehead atoms. The number of amides is 1. The van der Waals surface area contributed by atoms with Gasteiger partial charge in [-0.1, -0.05) is 288 Å². The van der Waals surface area contributed by atoms with Crippen LogP contribution in [0.2, 0.25) is 0 Å². The fourth-order valence-corrected chi connectivity index (χ4v) is 8.96. The molecule has 372 valence electrons. The molecule has 4 nitrogen and oxygen atoms in total. The van der Waals surface area contributed by atoms with Gasteiger partial charge in [-0.15, -0.1) is 0 Å². The molecule has 0 rings (SSSR count). The molecule has 4 heteroatoms. The van der Waals surface area contributed by atoms with Crippen molar-refractivity contribution in [2.24, 2.45) is 0 Å². The Hall–Kier alpha value is -1.39. The van der Waals surface area contributed by atoms with Crippen molar-refractivity contribution in [2.45, 2.75) is 328 Å². The molecule has 0 aliphatic rings. The average molecular weight is 885 g/mol. The van der Waals surface area contributed by atoms with Crippen molar-refractivity contribution >= 4 is 5.91 Å². The lowest BCUT2D eigenvalue weighted by Gasteiger charge is -2.19. The maximum absolute atomic E-state index is 12.5. The van der Waals surface area contributed by atoms with Gasteiger partial charge in [0.05, 0.1) is 18.8 Å². The average Bonchev–Trinajstić information content (AvgIpc) is 3.29. The number of nitrogens with one attached hydrogen (secondary N) is 1. The zero-order valence-corrected chi connectivity index (χ0v) is 42.9. The number of unbranched alkanes of at least 4 members (excludes halogenated alkanes) is 42. The molecule has 0 saturated heterocycles. The van der Waals surface area contributed by atoms with E-state index in [1.807, 2.05) is 6.08 Å². The van der Waals surface area contributed by atoms with Gasteiger partial charge in [0.1, 0.15) is 0 Å². The lowest BCUT2D eigenvalue weighted by Crippen LogP contribution is -2.45. The fourth-order valence-electron chi connectivity index (χ4n) is 8.96. The first-order valence-electron chi connectivity index (χ1n) is 28.7. The molecule has 1 amide bonds. The van der Waals surface area contributed by atoms with E-state index in [4.69, 9.17) is 0 Å². The first-order valence-corrected chi connectivity index (χ1v) is 28.7. The summed E-state index contributed by atoms with van der Waals surface area (Å²) in [5, 5.41) is 23.2. The number of rotatable bonds is 53. The molecule has 3 N–H and O–H groups in total. The number of carbonyl (C=O) groups excluding carboxylic acids is 1. The number of hydrogen-bond acceptors (Lipinski definition) is 3. The van der Waals surface area contributed by atoms with Crippen molar-refractivity contribution in [3.8, 4) is 0 Å². The highest BCUT2D eigenvalue weighted by Gasteiger charge is 2.18. The van der Waals surface area contributed by atoms with Crippen LogP contribution in [-0.2, 0) is 4.79 Å². The monoisotopic (exact) mass is 884 g/mol. The maximum atomic E-state index is 12.5. The van der Waals surface area contributed by atoms with E-state index in [2.05, 4.69) is 43.5 Å². The van der Waals surface area contributed by atoms with Gasteiger partial charge in [0, 0.05) is 6.42 Å². The predicted molar refractivity (Wildman–Crippen MR) is 281 cm³/mol. The van der Waals surface area contributed by atoms with E-state index in [1.54, 1.807) is 6.08 Å². The Morgan fingerprint density at radius 3 is 0.921 bits per heavy atom. The zero-order chi connectivity index (χ0) is 45.6. The van der Waals surface area contributed by atoms with Crippen LogP contribution >= 0.6 is 0 Å². The van der Waals surface area contributed by atoms with E-state index >= 15 is 0 Å². The molecule has 0 saturated carbocycles. The molecule has 2 unspecified atom stereocenters. The molecule has 0 aromatic carbocycles. The second-order valence-corrected chi connectivity index (χ2v) is 19.7. The lowest BCUT2D eigenvalue weighted by molar-refractivity contribution is -0.123. The topological polar surface area (TPSA) is 69.6 Å². The zero-order valence-electron chi connectivity index (χ0n) is 42.9. The van der Waals surface area contributed by atoms with Crippen LogP contribution in [0.1, 0.15) is 316 Å². The van der Waals surface area contributed by atoms with E-state index in [-0.39, 0.29) is 12.5 Å². The Bertz CT molecular complexity index is 958. The van der Waals surface area contributed by atoms with Crippen LogP contribution in [0.25, 0.3) is 0 Å². The Labute approximate surface area is 395 Å². The van der Waals surface area contributed by atoms with Crippen LogP contribution in [-0.4, -0.2) is 34.9 Å². The van der Waals surface area contributed by atoms with E-state index < -0.39 is 12.1 Å². The molecule has 0 radical (unpaired) electrons. The number of allylic oxidation sites excluding steroid dienone is 5. The summed E-state index contributed by atoms with van der Waals surface area (Å²) in [5.41, 5.74) is 0. The normalized spacial score (nSPS) is 13.0. The molecule has 0 spiro atoms. The number of hydrogen-bond donors (Lipinski definition) is 3. The largest absolute Gasteiger partial charge is 0.394 e. The molecular formula is C59H113NO3. The molecule has 0 aliphatic carbocycles. The summed E-state index contributed by atoms with van der Waals surface area (Å²) in [6, 6.07) is -0.638. The van der Waals surface area contributed by atoms with Crippen LogP contribution in [0.4, 0.5) is 0 Å². The Morgan fingerprint density at radius 1 is 0.365 bits per heavy atom. The number of aliphatic hydroxyl groups is 2. The van der Waals surface area contributed by atoms with Crippen molar-refractivity contribution in [3.05, 3.63) is 36.5 Å². The van der Waals surface area contributed by atoms with E-state index in [1.165, 1.54) is 263 Å². The maximum Gasteiger partial charge on any atom is 0.220 e. The van der Waals surface area contributed by atoms with Gasteiger partial charge in [0.25, 0.3) is 0 Å². The van der Waals surface area contributed by atoms with Gasteiger partial charge in [-0.3, -0.25) is 4.79 Å². The third-order valence-electron chi connectivity index (χ3n) is 13.3. The minimum absolute atomic E-state index is 0.0683. The van der Waals surface area contributed by atoms with Gasteiger partial charge >= 0.3 is 0 Å². The van der Waals surface area contributed by atoms with Crippen LogP contribution in [0.15, 0.2) is 36.5 Å². The minimum atomic E-state index is -0.861. The highest BCUT2D eigenvalue weighted by molar-refractivity contribution is 5.76. The molecule has 2 atom stereocenters. The number of aliphatic hydroxyl groups excluding tert-OH is 2. The summed E-state index contributed by atoms with van der Waals surface area (Å²) < 4.78 is 0. The van der Waals surface area contributed by atoms with Crippen LogP contribution < -0.4 is 5.32 Å². The Morgan fingerprint density at radius 2 is 0.619 bits per heavy atom. The van der Waals surface area contributed by atoms with E-state index in [0.29, 0.717) is 6.42 Å². The van der Waals surface area contributed by atoms with Crippen LogP contribution in [0, 0.1) is 0 Å². The standard InChI is InChI=1S/C59H113NO3/c1-3-5-7-9-11-13-15-17-19-21-23-25-27-28-29-30-31-32-33-35-37-39-41-43-45-47-49-51-53-55-59(63)60-57(56-61)58(62)54-52-50-48-46-44-42-40-38-36-34-26-24-22-20-18-16-14-12-10-8-6-4-2/h21,23,44,46,52,54,57-58,61-62H,3-20,22,24-43,45,47-51,53,55-56H2,1-2H3,(H,60,63)/b23-21-,46-44+,54-52+. The van der Waals surface area contributed by atoms with Crippen molar-refractivity contribution in [1.82, 2.24) is 5.32 Å². The third kappa shape index (κ3) is 51.5. The van der Waals surface area contributed by atoms with Crippen molar-refractivity contribution in [1.29, 1.82) is 0 Å². The van der Waals surface area contributed by atoms with Gasteiger partial charge in [-0.2, -0.15) is 0 Å². The van der Waals surface area contributed by atoms with Crippen LogP contribution in [0.5, 0.6) is 0 Å².